The minimum atomic E-state index is -0.174. The zero-order valence-corrected chi connectivity index (χ0v) is 10.2. The van der Waals surface area contributed by atoms with Gasteiger partial charge in [-0.1, -0.05) is 36.4 Å². The van der Waals surface area contributed by atoms with Gasteiger partial charge in [0, 0.05) is 11.1 Å². The Bertz CT molecular complexity index is 559. The van der Waals surface area contributed by atoms with E-state index in [0.717, 1.165) is 30.4 Å². The first-order valence-electron chi connectivity index (χ1n) is 6.29. The Kier molecular flexibility index (Phi) is 2.67. The highest BCUT2D eigenvalue weighted by Crippen LogP contribution is 2.36. The van der Waals surface area contributed by atoms with Crippen LogP contribution >= 0.6 is 0 Å². The van der Waals surface area contributed by atoms with E-state index >= 15 is 0 Å². The summed E-state index contributed by atoms with van der Waals surface area (Å²) in [7, 11) is 0. The Morgan fingerprint density at radius 1 is 1.06 bits per heavy atom. The second-order valence-electron chi connectivity index (χ2n) is 5.22. The van der Waals surface area contributed by atoms with Gasteiger partial charge in [-0.15, -0.1) is 0 Å². The molecule has 0 amide bonds. The van der Waals surface area contributed by atoms with Gasteiger partial charge < -0.3 is 5.73 Å². The molecule has 92 valence electrons. The summed E-state index contributed by atoms with van der Waals surface area (Å²) in [6, 6.07) is 15.0. The van der Waals surface area contributed by atoms with Crippen molar-refractivity contribution in [3.63, 3.8) is 0 Å². The first-order chi connectivity index (χ1) is 8.66. The van der Waals surface area contributed by atoms with E-state index < -0.39 is 0 Å². The molecule has 2 aromatic carbocycles. The minimum Gasteiger partial charge on any atom is -0.325 e. The van der Waals surface area contributed by atoms with Gasteiger partial charge in [0.1, 0.15) is 5.82 Å². The highest BCUT2D eigenvalue weighted by molar-refractivity contribution is 5.64. The molecule has 1 aliphatic rings. The van der Waals surface area contributed by atoms with E-state index in [2.05, 4.69) is 0 Å². The molecule has 0 saturated heterocycles. The van der Waals surface area contributed by atoms with Crippen molar-refractivity contribution in [1.82, 2.24) is 0 Å². The topological polar surface area (TPSA) is 26.0 Å². The van der Waals surface area contributed by atoms with Gasteiger partial charge in [-0.2, -0.15) is 0 Å². The summed E-state index contributed by atoms with van der Waals surface area (Å²) < 4.78 is 13.9. The molecule has 2 aromatic rings. The third-order valence-corrected chi connectivity index (χ3v) is 3.56. The summed E-state index contributed by atoms with van der Waals surface area (Å²) in [4.78, 5) is 0. The molecule has 1 aliphatic carbocycles. The van der Waals surface area contributed by atoms with Crippen molar-refractivity contribution >= 4 is 0 Å². The van der Waals surface area contributed by atoms with Crippen molar-refractivity contribution < 1.29 is 4.39 Å². The third kappa shape index (κ3) is 2.29. The van der Waals surface area contributed by atoms with Crippen LogP contribution in [0.2, 0.25) is 0 Å². The first-order valence-corrected chi connectivity index (χ1v) is 6.29. The number of halogens is 1. The lowest BCUT2D eigenvalue weighted by Crippen LogP contribution is -2.24. The van der Waals surface area contributed by atoms with Gasteiger partial charge in [0.25, 0.3) is 0 Å². The monoisotopic (exact) mass is 241 g/mol. The number of hydrogen-bond donors (Lipinski definition) is 1. The molecule has 1 fully saturated rings. The lowest BCUT2D eigenvalue weighted by atomic mass is 9.98. The van der Waals surface area contributed by atoms with Crippen LogP contribution in [-0.4, -0.2) is 5.54 Å². The summed E-state index contributed by atoms with van der Waals surface area (Å²) in [5, 5.41) is 0. The largest absolute Gasteiger partial charge is 0.325 e. The second-order valence-corrected chi connectivity index (χ2v) is 5.22. The number of benzene rings is 2. The maximum atomic E-state index is 13.9. The van der Waals surface area contributed by atoms with Crippen LogP contribution < -0.4 is 5.73 Å². The summed E-state index contributed by atoms with van der Waals surface area (Å²) in [5.74, 6) is -0.174. The quantitative estimate of drug-likeness (QED) is 0.874. The lowest BCUT2D eigenvalue weighted by molar-refractivity contribution is 0.627. The molecular formula is C16H16FN. The van der Waals surface area contributed by atoms with Crippen LogP contribution in [0.3, 0.4) is 0 Å². The summed E-state index contributed by atoms with van der Waals surface area (Å²) in [6.45, 7) is 0. The molecule has 2 heteroatoms. The number of hydrogen-bond acceptors (Lipinski definition) is 1. The first kappa shape index (κ1) is 11.4. The predicted molar refractivity (Wildman–Crippen MR) is 71.7 cm³/mol. The van der Waals surface area contributed by atoms with E-state index in [9.17, 15) is 4.39 Å². The Morgan fingerprint density at radius 3 is 2.44 bits per heavy atom. The van der Waals surface area contributed by atoms with Crippen molar-refractivity contribution in [3.05, 3.63) is 59.9 Å². The van der Waals surface area contributed by atoms with Crippen LogP contribution in [0, 0.1) is 5.82 Å². The molecule has 18 heavy (non-hydrogen) atoms. The van der Waals surface area contributed by atoms with Crippen molar-refractivity contribution in [1.29, 1.82) is 0 Å². The molecule has 1 saturated carbocycles. The van der Waals surface area contributed by atoms with E-state index in [1.54, 1.807) is 6.07 Å². The molecule has 0 unspecified atom stereocenters. The number of rotatable bonds is 3. The number of nitrogens with two attached hydrogens (primary N) is 1. The average Bonchev–Trinajstić information content (AvgIpc) is 3.11. The molecular weight excluding hydrogens is 225 g/mol. The molecule has 0 spiro atoms. The van der Waals surface area contributed by atoms with Crippen LogP contribution in [0.5, 0.6) is 0 Å². The van der Waals surface area contributed by atoms with E-state index in [1.165, 1.54) is 0 Å². The van der Waals surface area contributed by atoms with E-state index in [-0.39, 0.29) is 11.4 Å². The second kappa shape index (κ2) is 4.21. The van der Waals surface area contributed by atoms with Gasteiger partial charge in [0.05, 0.1) is 0 Å². The van der Waals surface area contributed by atoms with Gasteiger partial charge in [-0.25, -0.2) is 4.39 Å². The van der Waals surface area contributed by atoms with E-state index in [0.29, 0.717) is 5.56 Å². The van der Waals surface area contributed by atoms with Crippen molar-refractivity contribution in [2.24, 2.45) is 5.73 Å². The van der Waals surface area contributed by atoms with Crippen LogP contribution in [0.4, 0.5) is 4.39 Å². The normalized spacial score (nSPS) is 16.6. The SMILES string of the molecule is NC1(Cc2ccc(F)c(-c3ccccc3)c2)CC1. The molecule has 0 atom stereocenters. The molecule has 3 rings (SSSR count). The molecule has 0 aromatic heterocycles. The Hall–Kier alpha value is -1.67. The fourth-order valence-corrected chi connectivity index (χ4v) is 2.27. The standard InChI is InChI=1S/C16H16FN/c17-15-7-6-12(11-16(18)8-9-16)10-14(15)13-4-2-1-3-5-13/h1-7,10H,8-9,11,18H2. The highest BCUT2D eigenvalue weighted by atomic mass is 19.1. The van der Waals surface area contributed by atoms with Gasteiger partial charge in [0.15, 0.2) is 0 Å². The Morgan fingerprint density at radius 2 is 1.78 bits per heavy atom. The molecule has 0 aliphatic heterocycles. The molecule has 0 bridgehead atoms. The maximum Gasteiger partial charge on any atom is 0.131 e. The molecule has 1 nitrogen and oxygen atoms in total. The maximum absolute atomic E-state index is 13.9. The molecule has 0 heterocycles. The van der Waals surface area contributed by atoms with Gasteiger partial charge in [-0.3, -0.25) is 0 Å². The van der Waals surface area contributed by atoms with E-state index in [4.69, 9.17) is 5.73 Å². The highest BCUT2D eigenvalue weighted by Gasteiger charge is 2.37. The van der Waals surface area contributed by atoms with E-state index in [1.807, 2.05) is 42.5 Å². The minimum absolute atomic E-state index is 0.0359. The summed E-state index contributed by atoms with van der Waals surface area (Å²) in [6.07, 6.45) is 2.99. The van der Waals surface area contributed by atoms with Crippen molar-refractivity contribution in [3.8, 4) is 11.1 Å². The Labute approximate surface area is 106 Å². The van der Waals surface area contributed by atoms with Crippen LogP contribution in [0.25, 0.3) is 11.1 Å². The van der Waals surface area contributed by atoms with Gasteiger partial charge in [0.2, 0.25) is 0 Å². The van der Waals surface area contributed by atoms with Gasteiger partial charge >= 0.3 is 0 Å². The molecule has 0 radical (unpaired) electrons. The smallest absolute Gasteiger partial charge is 0.131 e. The fraction of sp³-hybridized carbons (Fsp3) is 0.250. The summed E-state index contributed by atoms with van der Waals surface area (Å²) in [5.41, 5.74) is 8.78. The zero-order valence-electron chi connectivity index (χ0n) is 10.2. The van der Waals surface area contributed by atoms with Crippen LogP contribution in [-0.2, 0) is 6.42 Å². The summed E-state index contributed by atoms with van der Waals surface area (Å²) >= 11 is 0. The van der Waals surface area contributed by atoms with Gasteiger partial charge in [-0.05, 0) is 42.5 Å². The van der Waals surface area contributed by atoms with Crippen LogP contribution in [0.15, 0.2) is 48.5 Å². The molecule has 2 N–H and O–H groups in total. The van der Waals surface area contributed by atoms with Crippen molar-refractivity contribution in [2.75, 3.05) is 0 Å². The predicted octanol–water partition coefficient (Wildman–Crippen LogP) is 3.53. The average molecular weight is 241 g/mol. The lowest BCUT2D eigenvalue weighted by Gasteiger charge is -2.11. The third-order valence-electron chi connectivity index (χ3n) is 3.56. The van der Waals surface area contributed by atoms with Crippen LogP contribution in [0.1, 0.15) is 18.4 Å². The zero-order chi connectivity index (χ0) is 12.6. The Balaban J connectivity index is 1.96. The fourth-order valence-electron chi connectivity index (χ4n) is 2.27. The van der Waals surface area contributed by atoms with Crippen molar-refractivity contribution in [2.45, 2.75) is 24.8 Å².